The molecule has 9 rings (SSSR count). The highest BCUT2D eigenvalue weighted by Crippen LogP contribution is 2.63. The zero-order valence-electron chi connectivity index (χ0n) is 39.1. The highest BCUT2D eigenvalue weighted by Gasteiger charge is 2.44. The highest BCUT2D eigenvalue weighted by atomic mass is 31.1. The van der Waals surface area contributed by atoms with Crippen LogP contribution in [0.15, 0.2) is 91.0 Å². The van der Waals surface area contributed by atoms with Crippen molar-refractivity contribution in [2.24, 2.45) is 0 Å². The lowest BCUT2D eigenvalue weighted by Crippen LogP contribution is -2.47. The summed E-state index contributed by atoms with van der Waals surface area (Å²) >= 11 is 0. The smallest absolute Gasteiger partial charge is 0.111 e. The number of hydrogen-bond donors (Lipinski definition) is 0. The van der Waals surface area contributed by atoms with Gasteiger partial charge in [-0.05, 0) is 24.3 Å². The molecular weight excluding hydrogens is 790 g/mol. The fourth-order valence-electron chi connectivity index (χ4n) is 14.1. The molecule has 2 aromatic carbocycles. The van der Waals surface area contributed by atoms with Crippen LogP contribution in [0.5, 0.6) is 0 Å². The van der Waals surface area contributed by atoms with E-state index in [0.717, 1.165) is 76.1 Å². The predicted octanol–water partition coefficient (Wildman–Crippen LogP) is 14.3. The molecule has 0 aliphatic carbocycles. The number of rotatable bonds is 14. The van der Waals surface area contributed by atoms with E-state index in [1.807, 2.05) is 0 Å². The minimum atomic E-state index is -0.422. The number of aromatic nitrogens is 5. The van der Waals surface area contributed by atoms with Crippen molar-refractivity contribution in [1.29, 1.82) is 0 Å². The molecule has 0 amide bonds. The summed E-state index contributed by atoms with van der Waals surface area (Å²) in [5.41, 5.74) is 6.45. The molecule has 4 aliphatic rings. The van der Waals surface area contributed by atoms with Gasteiger partial charge in [-0.25, -0.2) is 4.98 Å². The van der Waals surface area contributed by atoms with Crippen molar-refractivity contribution in [1.82, 2.24) is 24.5 Å². The molecular formula is C53H75B2N5P2-2. The number of hydrogen-bond acceptors (Lipinski definition) is 3. The highest BCUT2D eigenvalue weighted by molar-refractivity contribution is 7.88. The fourth-order valence-corrected chi connectivity index (χ4v) is 19.0. The second-order valence-electron chi connectivity index (χ2n) is 22.7. The Morgan fingerprint density at radius 3 is 1.18 bits per heavy atom. The van der Waals surface area contributed by atoms with Gasteiger partial charge in [0.05, 0.1) is 11.4 Å². The monoisotopic (exact) mass is 866 g/mol. The molecule has 4 saturated heterocycles. The Kier molecular flexibility index (Phi) is 13.2. The molecule has 330 valence electrons. The van der Waals surface area contributed by atoms with E-state index in [2.05, 4.69) is 142 Å². The van der Waals surface area contributed by atoms with Crippen molar-refractivity contribution < 1.29 is 0 Å². The molecule has 7 heterocycles. The van der Waals surface area contributed by atoms with Gasteiger partial charge in [0.2, 0.25) is 0 Å². The lowest BCUT2D eigenvalue weighted by molar-refractivity contribution is 0.432. The van der Waals surface area contributed by atoms with E-state index < -0.39 is 11.7 Å². The van der Waals surface area contributed by atoms with E-state index >= 15 is 0 Å². The summed E-state index contributed by atoms with van der Waals surface area (Å²) in [5.74, 6) is 2.88. The van der Waals surface area contributed by atoms with Gasteiger partial charge in [0.15, 0.2) is 0 Å². The van der Waals surface area contributed by atoms with Gasteiger partial charge in [-0.15, -0.1) is 0 Å². The van der Waals surface area contributed by atoms with Crippen LogP contribution in [0.2, 0.25) is 35.9 Å². The molecule has 4 aliphatic heterocycles. The van der Waals surface area contributed by atoms with Crippen LogP contribution >= 0.6 is 16.9 Å². The molecule has 0 N–H and O–H groups in total. The van der Waals surface area contributed by atoms with Crippen LogP contribution < -0.4 is 10.6 Å². The number of benzene rings is 2. The number of nitrogens with zero attached hydrogens (tertiary/aromatic N) is 5. The van der Waals surface area contributed by atoms with Gasteiger partial charge in [0, 0.05) is 47.0 Å². The first kappa shape index (κ1) is 44.2. The summed E-state index contributed by atoms with van der Waals surface area (Å²) in [6.45, 7) is 16.0. The van der Waals surface area contributed by atoms with Crippen molar-refractivity contribution in [3.05, 3.63) is 102 Å². The molecule has 5 nitrogen and oxygen atoms in total. The molecule has 2 unspecified atom stereocenters. The number of fused-ring (bicyclic) bond motifs is 4. The average molecular weight is 866 g/mol. The molecule has 3 aromatic heterocycles. The molecule has 0 radical (unpaired) electrons. The van der Waals surface area contributed by atoms with Crippen molar-refractivity contribution in [3.63, 3.8) is 0 Å². The van der Waals surface area contributed by atoms with Gasteiger partial charge < -0.3 is 0 Å². The van der Waals surface area contributed by atoms with Crippen LogP contribution in [0.4, 0.5) is 0 Å². The van der Waals surface area contributed by atoms with E-state index in [0.29, 0.717) is 0 Å². The van der Waals surface area contributed by atoms with Gasteiger partial charge in [-0.3, -0.25) is 26.3 Å². The van der Waals surface area contributed by atoms with E-state index in [1.54, 1.807) is 10.6 Å². The topological polar surface area (TPSA) is 48.5 Å². The van der Waals surface area contributed by atoms with Crippen molar-refractivity contribution >= 4 is 39.3 Å². The van der Waals surface area contributed by atoms with Crippen molar-refractivity contribution in [2.45, 2.75) is 191 Å². The molecule has 4 bridgehead atoms. The molecule has 4 fully saturated rings. The molecule has 5 aromatic rings. The van der Waals surface area contributed by atoms with Crippen LogP contribution in [-0.4, -0.2) is 36.3 Å². The molecule has 62 heavy (non-hydrogen) atoms. The maximum atomic E-state index is 5.39. The van der Waals surface area contributed by atoms with Crippen LogP contribution in [0, 0.1) is 0 Å². The summed E-state index contributed by atoms with van der Waals surface area (Å²) in [4.78, 5) is 5.34. The third-order valence-electron chi connectivity index (χ3n) is 16.9. The normalized spacial score (nSPS) is 26.8. The van der Waals surface area contributed by atoms with E-state index in [1.165, 1.54) is 114 Å². The van der Waals surface area contributed by atoms with Gasteiger partial charge in [0.25, 0.3) is 0 Å². The van der Waals surface area contributed by atoms with Crippen LogP contribution in [0.25, 0.3) is 22.8 Å². The molecule has 2 atom stereocenters. The Morgan fingerprint density at radius 2 is 0.839 bits per heavy atom. The Balaban J connectivity index is 0.943. The zero-order chi connectivity index (χ0) is 43.0. The maximum Gasteiger partial charge on any atom is 0.111 e. The van der Waals surface area contributed by atoms with E-state index in [9.17, 15) is 0 Å². The number of aryl methyl sites for hydroxylation is 2. The van der Waals surface area contributed by atoms with E-state index in [4.69, 9.17) is 15.2 Å². The van der Waals surface area contributed by atoms with Crippen LogP contribution in [0.1, 0.15) is 143 Å². The second kappa shape index (κ2) is 18.5. The lowest BCUT2D eigenvalue weighted by Gasteiger charge is -2.60. The largest absolute Gasteiger partial charge is 0.269 e. The average Bonchev–Trinajstić information content (AvgIpc) is 3.88. The summed E-state index contributed by atoms with van der Waals surface area (Å²) in [5, 5.41) is 14.0. The SMILES string of the molecule is CC(C)(C)c1cc(-c2cccc(-c3cc(C(C)(C)C)n(CCC[B-]4(Pc5ccccc5)C5CCCC4CCC5)n3)n2)nn1CCC[B-]1(Pc2ccccc2)C2CCCC1CCC2. The Bertz CT molecular complexity index is 2060. The quantitative estimate of drug-likeness (QED) is 0.0825. The van der Waals surface area contributed by atoms with Gasteiger partial charge in [0.1, 0.15) is 11.4 Å². The Morgan fingerprint density at radius 1 is 0.484 bits per heavy atom. The van der Waals surface area contributed by atoms with Gasteiger partial charge in [-0.1, -0.05) is 209 Å². The third kappa shape index (κ3) is 9.25. The van der Waals surface area contributed by atoms with Crippen LogP contribution in [0.3, 0.4) is 0 Å². The first-order chi connectivity index (χ1) is 29.9. The second-order valence-corrected chi connectivity index (χ2v) is 26.5. The summed E-state index contributed by atoms with van der Waals surface area (Å²) in [6, 6.07) is 34.2. The minimum Gasteiger partial charge on any atom is -0.269 e. The van der Waals surface area contributed by atoms with Crippen LogP contribution in [-0.2, 0) is 23.9 Å². The summed E-state index contributed by atoms with van der Waals surface area (Å²) in [6.07, 6.45) is 22.5. The number of pyridine rings is 1. The minimum absolute atomic E-state index is 0.0169. The third-order valence-corrected chi connectivity index (χ3v) is 21.7. The summed E-state index contributed by atoms with van der Waals surface area (Å²) in [7, 11) is 1.94. The fraction of sp³-hybridized carbons (Fsp3) is 0.566. The standard InChI is InChI=1S/C53H75B2N5P2/c1-52(2,3)50-38-48(57-59(50)36-18-34-54(61-44-28-9-7-10-29-44)40-20-13-21-41(54)23-14-22-40)46-32-17-33-47(56-46)49-39-51(53(4,5)6)60(58-49)37-19-35-55(62-45-30-11-8-12-31-45)42-24-15-25-43(55)27-16-26-42/h7-12,17,28-33,38-43,61-62H,13-16,18-27,34-37H2,1-6H3/q-2. The predicted molar refractivity (Wildman–Crippen MR) is 274 cm³/mol. The Labute approximate surface area is 378 Å². The van der Waals surface area contributed by atoms with Gasteiger partial charge in [-0.2, -0.15) is 46.1 Å². The van der Waals surface area contributed by atoms with Gasteiger partial charge >= 0.3 is 0 Å². The van der Waals surface area contributed by atoms with Crippen molar-refractivity contribution in [2.75, 3.05) is 0 Å². The zero-order valence-corrected chi connectivity index (χ0v) is 41.1. The molecule has 9 heteroatoms. The maximum absolute atomic E-state index is 5.39. The first-order valence-electron chi connectivity index (χ1n) is 25.1. The Hall–Kier alpha value is -3.00. The van der Waals surface area contributed by atoms with E-state index in [-0.39, 0.29) is 10.8 Å². The summed E-state index contributed by atoms with van der Waals surface area (Å²) < 4.78 is 4.72. The lowest BCUT2D eigenvalue weighted by atomic mass is 9.23. The van der Waals surface area contributed by atoms with Crippen molar-refractivity contribution in [3.8, 4) is 22.8 Å². The molecule has 0 saturated carbocycles. The molecule has 0 spiro atoms. The first-order valence-corrected chi connectivity index (χ1v) is 27.2.